The van der Waals surface area contributed by atoms with E-state index in [1.54, 1.807) is 12.5 Å². The van der Waals surface area contributed by atoms with Crippen LogP contribution in [0.3, 0.4) is 0 Å². The third kappa shape index (κ3) is 3.02. The molecule has 0 saturated heterocycles. The minimum atomic E-state index is 0.296. The average molecular weight is 243 g/mol. The van der Waals surface area contributed by atoms with Gasteiger partial charge in [0, 0.05) is 17.6 Å². The number of benzene rings is 1. The second-order valence-electron chi connectivity index (χ2n) is 4.76. The van der Waals surface area contributed by atoms with Crippen molar-refractivity contribution < 1.29 is 4.42 Å². The van der Waals surface area contributed by atoms with Crippen LogP contribution in [0.25, 0.3) is 0 Å². The van der Waals surface area contributed by atoms with Crippen LogP contribution in [0.4, 0.5) is 0 Å². The molecule has 0 spiro atoms. The highest BCUT2D eigenvalue weighted by atomic mass is 16.3. The van der Waals surface area contributed by atoms with Crippen molar-refractivity contribution in [1.82, 2.24) is 5.32 Å². The van der Waals surface area contributed by atoms with Gasteiger partial charge in [-0.3, -0.25) is 0 Å². The Bertz CT molecular complexity index is 458. The maximum atomic E-state index is 5.11. The van der Waals surface area contributed by atoms with E-state index in [1.807, 2.05) is 6.07 Å². The van der Waals surface area contributed by atoms with Gasteiger partial charge in [0.25, 0.3) is 0 Å². The largest absolute Gasteiger partial charge is 0.472 e. The summed E-state index contributed by atoms with van der Waals surface area (Å²) in [6.07, 6.45) is 4.60. The molecule has 2 rings (SSSR count). The first kappa shape index (κ1) is 12.9. The molecule has 0 aliphatic carbocycles. The number of hydrogen-bond donors (Lipinski definition) is 1. The van der Waals surface area contributed by atoms with Gasteiger partial charge in [0.15, 0.2) is 0 Å². The first-order valence-corrected chi connectivity index (χ1v) is 6.57. The van der Waals surface area contributed by atoms with Gasteiger partial charge in [0.1, 0.15) is 0 Å². The fraction of sp³-hybridized carbons (Fsp3) is 0.375. The molecular weight excluding hydrogens is 222 g/mol. The molecule has 1 aromatic carbocycles. The van der Waals surface area contributed by atoms with E-state index in [0.29, 0.717) is 12.1 Å². The van der Waals surface area contributed by atoms with Gasteiger partial charge < -0.3 is 9.73 Å². The van der Waals surface area contributed by atoms with Crippen LogP contribution in [-0.2, 0) is 6.42 Å². The summed E-state index contributed by atoms with van der Waals surface area (Å²) in [4.78, 5) is 0. The van der Waals surface area contributed by atoms with E-state index >= 15 is 0 Å². The highest BCUT2D eigenvalue weighted by Gasteiger charge is 2.11. The normalized spacial score (nSPS) is 14.4. The van der Waals surface area contributed by atoms with Gasteiger partial charge in [-0.2, -0.15) is 0 Å². The third-order valence-corrected chi connectivity index (χ3v) is 3.43. The number of furan rings is 1. The predicted octanol–water partition coefficient (Wildman–Crippen LogP) is 4.25. The Kier molecular flexibility index (Phi) is 4.21. The first-order valence-electron chi connectivity index (χ1n) is 6.57. The zero-order valence-electron chi connectivity index (χ0n) is 11.3. The summed E-state index contributed by atoms with van der Waals surface area (Å²) in [5.74, 6) is 0. The summed E-state index contributed by atoms with van der Waals surface area (Å²) in [7, 11) is 0. The van der Waals surface area contributed by atoms with Crippen molar-refractivity contribution in [1.29, 1.82) is 0 Å². The van der Waals surface area contributed by atoms with E-state index in [-0.39, 0.29) is 0 Å². The maximum Gasteiger partial charge on any atom is 0.0950 e. The van der Waals surface area contributed by atoms with Gasteiger partial charge in [0.05, 0.1) is 12.5 Å². The molecule has 1 aromatic heterocycles. The molecule has 2 heteroatoms. The highest BCUT2D eigenvalue weighted by molar-refractivity contribution is 5.25. The lowest BCUT2D eigenvalue weighted by atomic mass is 10.0. The Morgan fingerprint density at radius 2 is 1.67 bits per heavy atom. The Morgan fingerprint density at radius 1 is 1.00 bits per heavy atom. The van der Waals surface area contributed by atoms with Crippen molar-refractivity contribution >= 4 is 0 Å². The summed E-state index contributed by atoms with van der Waals surface area (Å²) in [5.41, 5.74) is 3.89. The van der Waals surface area contributed by atoms with Crippen molar-refractivity contribution in [3.8, 4) is 0 Å². The van der Waals surface area contributed by atoms with Gasteiger partial charge in [0.2, 0.25) is 0 Å². The van der Waals surface area contributed by atoms with Crippen molar-refractivity contribution in [3.05, 3.63) is 59.5 Å². The molecule has 1 heterocycles. The maximum absolute atomic E-state index is 5.11. The summed E-state index contributed by atoms with van der Waals surface area (Å²) in [6, 6.07) is 11.5. The molecule has 2 unspecified atom stereocenters. The zero-order valence-corrected chi connectivity index (χ0v) is 11.3. The predicted molar refractivity (Wildman–Crippen MR) is 74.5 cm³/mol. The molecule has 2 nitrogen and oxygen atoms in total. The standard InChI is InChI=1S/C16H21NO/c1-4-14-5-7-15(8-6-14)12(2)17-13(3)16-9-10-18-11-16/h5-13,17H,4H2,1-3H3. The molecule has 1 N–H and O–H groups in total. The number of nitrogens with one attached hydrogen (secondary N) is 1. The molecular formula is C16H21NO. The average Bonchev–Trinajstić information content (AvgIpc) is 2.92. The Morgan fingerprint density at radius 3 is 2.22 bits per heavy atom. The van der Waals surface area contributed by atoms with E-state index in [2.05, 4.69) is 50.4 Å². The van der Waals surface area contributed by atoms with E-state index in [4.69, 9.17) is 4.42 Å². The molecule has 0 amide bonds. The second kappa shape index (κ2) is 5.87. The van der Waals surface area contributed by atoms with Crippen LogP contribution in [0, 0.1) is 0 Å². The number of rotatable bonds is 5. The fourth-order valence-electron chi connectivity index (χ4n) is 2.13. The minimum absolute atomic E-state index is 0.296. The fourth-order valence-corrected chi connectivity index (χ4v) is 2.13. The molecule has 96 valence electrons. The van der Waals surface area contributed by atoms with Crippen molar-refractivity contribution in [2.75, 3.05) is 0 Å². The van der Waals surface area contributed by atoms with E-state index in [0.717, 1.165) is 6.42 Å². The minimum Gasteiger partial charge on any atom is -0.472 e. The molecule has 0 saturated carbocycles. The monoisotopic (exact) mass is 243 g/mol. The van der Waals surface area contributed by atoms with Gasteiger partial charge in [-0.05, 0) is 37.5 Å². The topological polar surface area (TPSA) is 25.2 Å². The van der Waals surface area contributed by atoms with Crippen LogP contribution in [0.15, 0.2) is 47.3 Å². The van der Waals surface area contributed by atoms with Gasteiger partial charge in [-0.1, -0.05) is 31.2 Å². The van der Waals surface area contributed by atoms with E-state index in [9.17, 15) is 0 Å². The zero-order chi connectivity index (χ0) is 13.0. The quantitative estimate of drug-likeness (QED) is 0.849. The summed E-state index contributed by atoms with van der Waals surface area (Å²) in [5, 5.41) is 3.58. The van der Waals surface area contributed by atoms with Crippen LogP contribution in [0.2, 0.25) is 0 Å². The Labute approximate surface area is 109 Å². The molecule has 2 aromatic rings. The van der Waals surface area contributed by atoms with Gasteiger partial charge in [-0.15, -0.1) is 0 Å². The smallest absolute Gasteiger partial charge is 0.0950 e. The van der Waals surface area contributed by atoms with Gasteiger partial charge in [-0.25, -0.2) is 0 Å². The number of aryl methyl sites for hydroxylation is 1. The van der Waals surface area contributed by atoms with E-state index in [1.165, 1.54) is 16.7 Å². The lowest BCUT2D eigenvalue weighted by Gasteiger charge is -2.19. The highest BCUT2D eigenvalue weighted by Crippen LogP contribution is 2.20. The second-order valence-corrected chi connectivity index (χ2v) is 4.76. The SMILES string of the molecule is CCc1ccc(C(C)NC(C)c2ccoc2)cc1. The van der Waals surface area contributed by atoms with E-state index < -0.39 is 0 Å². The van der Waals surface area contributed by atoms with Gasteiger partial charge >= 0.3 is 0 Å². The van der Waals surface area contributed by atoms with Crippen molar-refractivity contribution in [3.63, 3.8) is 0 Å². The lowest BCUT2D eigenvalue weighted by molar-refractivity contribution is 0.486. The number of hydrogen-bond acceptors (Lipinski definition) is 2. The summed E-state index contributed by atoms with van der Waals surface area (Å²) < 4.78 is 5.11. The van der Waals surface area contributed by atoms with Crippen LogP contribution in [0.5, 0.6) is 0 Å². The summed E-state index contributed by atoms with van der Waals surface area (Å²) in [6.45, 7) is 6.52. The molecule has 0 radical (unpaired) electrons. The van der Waals surface area contributed by atoms with Crippen molar-refractivity contribution in [2.45, 2.75) is 39.3 Å². The van der Waals surface area contributed by atoms with Crippen LogP contribution in [-0.4, -0.2) is 0 Å². The summed E-state index contributed by atoms with van der Waals surface area (Å²) >= 11 is 0. The molecule has 0 aliphatic rings. The lowest BCUT2D eigenvalue weighted by Crippen LogP contribution is -2.22. The third-order valence-electron chi connectivity index (χ3n) is 3.43. The van der Waals surface area contributed by atoms with Crippen LogP contribution in [0.1, 0.15) is 49.5 Å². The van der Waals surface area contributed by atoms with Crippen LogP contribution < -0.4 is 5.32 Å². The Balaban J connectivity index is 2.00. The van der Waals surface area contributed by atoms with Crippen LogP contribution >= 0.6 is 0 Å². The van der Waals surface area contributed by atoms with Crippen molar-refractivity contribution in [2.24, 2.45) is 0 Å². The molecule has 18 heavy (non-hydrogen) atoms. The molecule has 0 aliphatic heterocycles. The Hall–Kier alpha value is -1.54. The first-order chi connectivity index (χ1) is 8.70. The molecule has 2 atom stereocenters. The molecule has 0 fully saturated rings. The molecule has 0 bridgehead atoms.